The molecule has 2 aromatic rings. The Kier molecular flexibility index (Phi) is 8.98. The maximum Gasteiger partial charge on any atom is 0.255 e. The number of nitrogens with one attached hydrogen (secondary N) is 1. The van der Waals surface area contributed by atoms with Gasteiger partial charge in [-0.2, -0.15) is 0 Å². The average Bonchev–Trinajstić information content (AvgIpc) is 3.13. The predicted molar refractivity (Wildman–Crippen MR) is 148 cm³/mol. The van der Waals surface area contributed by atoms with Gasteiger partial charge in [0.15, 0.2) is 6.29 Å². The molecule has 2 aliphatic rings. The third-order valence-electron chi connectivity index (χ3n) is 6.79. The number of halogens is 1. The molecule has 196 valence electrons. The fourth-order valence-electron chi connectivity index (χ4n) is 4.88. The van der Waals surface area contributed by atoms with E-state index >= 15 is 0 Å². The number of aliphatic imine (C=N–C) groups is 1. The average molecular weight is 515 g/mol. The summed E-state index contributed by atoms with van der Waals surface area (Å²) in [5.74, 6) is -1.06. The fraction of sp³-hybridized carbons (Fsp3) is 0.290. The van der Waals surface area contributed by atoms with Crippen molar-refractivity contribution in [1.82, 2.24) is 0 Å². The molecule has 7 heteroatoms. The summed E-state index contributed by atoms with van der Waals surface area (Å²) in [5, 5.41) is 2.90. The van der Waals surface area contributed by atoms with Gasteiger partial charge in [0.25, 0.3) is 5.91 Å². The normalized spacial score (nSPS) is 19.0. The first-order valence-electron chi connectivity index (χ1n) is 12.5. The van der Waals surface area contributed by atoms with Crippen molar-refractivity contribution in [3.63, 3.8) is 0 Å². The van der Waals surface area contributed by atoms with E-state index in [4.69, 9.17) is 9.47 Å². The van der Waals surface area contributed by atoms with Gasteiger partial charge in [0.1, 0.15) is 11.9 Å². The molecule has 1 aliphatic carbocycles. The number of amides is 1. The molecule has 2 aromatic carbocycles. The van der Waals surface area contributed by atoms with Gasteiger partial charge in [-0.25, -0.2) is 4.39 Å². The second kappa shape index (κ2) is 12.6. The van der Waals surface area contributed by atoms with E-state index in [1.807, 2.05) is 43.3 Å². The molecule has 0 saturated heterocycles. The standard InChI is InChI=1S/C31H31FN2O4/c1-20-15-25(18-28(32)30(20)38-3)31(36)34-26-10-4-7-21(17-26)22(12-14-37-2)16-23-9-6-13-33-29-24(19-35)8-5-11-27(23)29/h4-8,10-11,13,15,17-20,22,30H,12,14,16H2,1-3H3,(H,34,36). The molecule has 3 atom stereocenters. The van der Waals surface area contributed by atoms with Crippen LogP contribution < -0.4 is 5.32 Å². The van der Waals surface area contributed by atoms with Crippen molar-refractivity contribution >= 4 is 35.4 Å². The Balaban J connectivity index is 1.58. The summed E-state index contributed by atoms with van der Waals surface area (Å²) in [6.45, 7) is 2.36. The number of benzene rings is 2. The van der Waals surface area contributed by atoms with E-state index in [0.29, 0.717) is 30.0 Å². The van der Waals surface area contributed by atoms with Gasteiger partial charge in [0, 0.05) is 60.9 Å². The molecule has 38 heavy (non-hydrogen) atoms. The lowest BCUT2D eigenvalue weighted by Gasteiger charge is -2.23. The minimum absolute atomic E-state index is 0.0438. The topological polar surface area (TPSA) is 77.0 Å². The van der Waals surface area contributed by atoms with Crippen LogP contribution in [0.4, 0.5) is 15.8 Å². The largest absolute Gasteiger partial charge is 0.385 e. The van der Waals surface area contributed by atoms with E-state index in [0.717, 1.165) is 29.4 Å². The maximum absolute atomic E-state index is 14.4. The third kappa shape index (κ3) is 6.14. The number of hydrogen-bond donors (Lipinski definition) is 1. The van der Waals surface area contributed by atoms with E-state index in [2.05, 4.69) is 16.0 Å². The van der Waals surface area contributed by atoms with Crippen LogP contribution in [0.15, 0.2) is 82.8 Å². The van der Waals surface area contributed by atoms with Gasteiger partial charge in [0.05, 0.1) is 5.69 Å². The first kappa shape index (κ1) is 27.1. The molecular formula is C31H31FN2O4. The Labute approximate surface area is 222 Å². The van der Waals surface area contributed by atoms with E-state index < -0.39 is 11.9 Å². The number of para-hydroxylation sites is 1. The lowest BCUT2D eigenvalue weighted by molar-refractivity contribution is -0.112. The van der Waals surface area contributed by atoms with E-state index in [-0.39, 0.29) is 23.3 Å². The van der Waals surface area contributed by atoms with Crippen LogP contribution in [-0.4, -0.2) is 45.3 Å². The third-order valence-corrected chi connectivity index (χ3v) is 6.79. The lowest BCUT2D eigenvalue weighted by Crippen LogP contribution is -2.26. The zero-order valence-corrected chi connectivity index (χ0v) is 21.7. The maximum atomic E-state index is 14.4. The zero-order chi connectivity index (χ0) is 27.1. The Hall–Kier alpha value is -3.90. The molecule has 0 saturated carbocycles. The SMILES string of the molecule is COCCC(CC1=C=CC=Nc2c(C=O)cccc21)c1cccc(NC(=O)C2=CC(C)C(OC)C(F)=C2)c1. The van der Waals surface area contributed by atoms with Crippen LogP contribution in [0.5, 0.6) is 0 Å². The molecule has 0 aromatic heterocycles. The second-order valence-electron chi connectivity index (χ2n) is 9.36. The number of aldehydes is 1. The van der Waals surface area contributed by atoms with Crippen LogP contribution in [-0.2, 0) is 14.3 Å². The van der Waals surface area contributed by atoms with E-state index in [1.165, 1.54) is 13.2 Å². The highest BCUT2D eigenvalue weighted by atomic mass is 19.1. The van der Waals surface area contributed by atoms with Crippen LogP contribution in [0.1, 0.15) is 47.2 Å². The zero-order valence-electron chi connectivity index (χ0n) is 21.7. The smallest absolute Gasteiger partial charge is 0.255 e. The van der Waals surface area contributed by atoms with Crippen LogP contribution >= 0.6 is 0 Å². The Bertz CT molecular complexity index is 1370. The molecule has 0 spiro atoms. The minimum atomic E-state index is -0.679. The summed E-state index contributed by atoms with van der Waals surface area (Å²) in [6.07, 6.45) is 7.85. The first-order valence-corrected chi connectivity index (χ1v) is 12.5. The number of allylic oxidation sites excluding steroid dienone is 1. The summed E-state index contributed by atoms with van der Waals surface area (Å²) in [7, 11) is 3.12. The second-order valence-corrected chi connectivity index (χ2v) is 9.36. The lowest BCUT2D eigenvalue weighted by atomic mass is 9.86. The van der Waals surface area contributed by atoms with Crippen molar-refractivity contribution in [2.75, 3.05) is 26.1 Å². The molecule has 3 unspecified atom stereocenters. The van der Waals surface area contributed by atoms with Gasteiger partial charge in [-0.05, 0) is 54.7 Å². The monoisotopic (exact) mass is 514 g/mol. The molecule has 1 amide bonds. The Morgan fingerprint density at radius 1 is 1.24 bits per heavy atom. The highest BCUT2D eigenvalue weighted by Gasteiger charge is 2.27. The van der Waals surface area contributed by atoms with Gasteiger partial charge in [0.2, 0.25) is 0 Å². The number of hydrogen-bond acceptors (Lipinski definition) is 5. The Morgan fingerprint density at radius 2 is 2.05 bits per heavy atom. The number of fused-ring (bicyclic) bond motifs is 1. The number of carbonyl (C=O) groups is 2. The van der Waals surface area contributed by atoms with Crippen LogP contribution in [0.25, 0.3) is 5.57 Å². The van der Waals surface area contributed by atoms with Gasteiger partial charge in [-0.1, -0.05) is 37.3 Å². The van der Waals surface area contributed by atoms with Crippen molar-refractivity contribution in [2.24, 2.45) is 10.9 Å². The van der Waals surface area contributed by atoms with Crippen molar-refractivity contribution in [3.05, 3.63) is 94.5 Å². The molecule has 6 nitrogen and oxygen atoms in total. The van der Waals surface area contributed by atoms with Gasteiger partial charge in [-0.3, -0.25) is 14.6 Å². The van der Waals surface area contributed by atoms with E-state index in [9.17, 15) is 14.0 Å². The summed E-state index contributed by atoms with van der Waals surface area (Å²) < 4.78 is 25.0. The summed E-state index contributed by atoms with van der Waals surface area (Å²) in [5.41, 5.74) is 8.19. The number of carbonyl (C=O) groups excluding carboxylic acids is 2. The highest BCUT2D eigenvalue weighted by molar-refractivity contribution is 6.06. The van der Waals surface area contributed by atoms with E-state index in [1.54, 1.807) is 31.5 Å². The first-order chi connectivity index (χ1) is 18.4. The Morgan fingerprint density at radius 3 is 2.79 bits per heavy atom. The molecule has 1 heterocycles. The predicted octanol–water partition coefficient (Wildman–Crippen LogP) is 6.35. The molecule has 0 fully saturated rings. The van der Waals surface area contributed by atoms with Gasteiger partial charge >= 0.3 is 0 Å². The van der Waals surface area contributed by atoms with Crippen LogP contribution in [0.3, 0.4) is 0 Å². The molecule has 0 bridgehead atoms. The van der Waals surface area contributed by atoms with Crippen molar-refractivity contribution in [2.45, 2.75) is 31.8 Å². The number of rotatable bonds is 10. The number of nitrogens with zero attached hydrogens (tertiary/aromatic N) is 1. The molecule has 1 N–H and O–H groups in total. The van der Waals surface area contributed by atoms with Crippen LogP contribution in [0, 0.1) is 5.92 Å². The number of ether oxygens (including phenoxy) is 2. The van der Waals surface area contributed by atoms with Gasteiger partial charge in [-0.15, -0.1) is 5.73 Å². The van der Waals surface area contributed by atoms with Gasteiger partial charge < -0.3 is 14.8 Å². The minimum Gasteiger partial charge on any atom is -0.385 e. The highest BCUT2D eigenvalue weighted by Crippen LogP contribution is 2.38. The summed E-state index contributed by atoms with van der Waals surface area (Å²) in [6, 6.07) is 13.2. The van der Waals surface area contributed by atoms with Crippen molar-refractivity contribution < 1.29 is 23.5 Å². The molecular weight excluding hydrogens is 483 g/mol. The summed E-state index contributed by atoms with van der Waals surface area (Å²) in [4.78, 5) is 29.0. The number of anilines is 1. The van der Waals surface area contributed by atoms with Crippen molar-refractivity contribution in [3.8, 4) is 0 Å². The molecule has 0 radical (unpaired) electrons. The fourth-order valence-corrected chi connectivity index (χ4v) is 4.88. The van der Waals surface area contributed by atoms with Crippen molar-refractivity contribution in [1.29, 1.82) is 0 Å². The van der Waals surface area contributed by atoms with Crippen LogP contribution in [0.2, 0.25) is 0 Å². The molecule has 4 rings (SSSR count). The quantitative estimate of drug-likeness (QED) is 0.296. The summed E-state index contributed by atoms with van der Waals surface area (Å²) >= 11 is 0. The number of methoxy groups -OCH3 is 2. The molecule has 1 aliphatic heterocycles.